The second-order valence-corrected chi connectivity index (χ2v) is 6.67. The minimum absolute atomic E-state index is 0.225. The molecule has 2 aromatic carbocycles. The van der Waals surface area contributed by atoms with Crippen LogP contribution >= 0.6 is 0 Å². The molecular formula is C22H24N2O5. The summed E-state index contributed by atoms with van der Waals surface area (Å²) in [4.78, 5) is 30.0. The predicted molar refractivity (Wildman–Crippen MR) is 109 cm³/mol. The van der Waals surface area contributed by atoms with Gasteiger partial charge in [0.05, 0.1) is 12.6 Å². The number of fused-ring (bicyclic) bond motifs is 1. The minimum atomic E-state index is -0.572. The van der Waals surface area contributed by atoms with Gasteiger partial charge in [-0.05, 0) is 31.0 Å². The number of benzene rings is 2. The van der Waals surface area contributed by atoms with Crippen molar-refractivity contribution in [3.05, 3.63) is 64.7 Å². The Balaban J connectivity index is 2.13. The number of methoxy groups -OCH3 is 1. The van der Waals surface area contributed by atoms with E-state index in [-0.39, 0.29) is 18.1 Å². The van der Waals surface area contributed by atoms with E-state index in [4.69, 9.17) is 20.0 Å². The number of aromatic nitrogens is 1. The van der Waals surface area contributed by atoms with Crippen LogP contribution in [0.5, 0.6) is 5.88 Å². The number of esters is 1. The fourth-order valence-electron chi connectivity index (χ4n) is 2.97. The molecule has 0 radical (unpaired) electrons. The summed E-state index contributed by atoms with van der Waals surface area (Å²) in [5.41, 5.74) is 8.55. The normalized spacial score (nSPS) is 10.7. The van der Waals surface area contributed by atoms with E-state index in [2.05, 4.69) is 0 Å². The van der Waals surface area contributed by atoms with Gasteiger partial charge in [-0.25, -0.2) is 4.79 Å². The molecule has 1 heterocycles. The molecule has 1 amide bonds. The van der Waals surface area contributed by atoms with Crippen molar-refractivity contribution in [1.29, 1.82) is 0 Å². The predicted octanol–water partition coefficient (Wildman–Crippen LogP) is 3.25. The summed E-state index contributed by atoms with van der Waals surface area (Å²) in [6, 6.07) is 12.7. The van der Waals surface area contributed by atoms with Gasteiger partial charge in [0.25, 0.3) is 0 Å². The van der Waals surface area contributed by atoms with E-state index in [1.165, 1.54) is 11.8 Å². The van der Waals surface area contributed by atoms with Crippen molar-refractivity contribution in [3.8, 4) is 5.88 Å². The second-order valence-electron chi connectivity index (χ2n) is 6.67. The van der Waals surface area contributed by atoms with Crippen LogP contribution in [0.3, 0.4) is 0 Å². The van der Waals surface area contributed by atoms with Crippen molar-refractivity contribution in [2.24, 2.45) is 5.73 Å². The number of hydrogen-bond donors (Lipinski definition) is 1. The molecule has 152 valence electrons. The Morgan fingerprint density at radius 3 is 2.45 bits per heavy atom. The number of hydrogen-bond acceptors (Lipinski definition) is 5. The van der Waals surface area contributed by atoms with E-state index in [0.717, 1.165) is 17.5 Å². The molecule has 3 aromatic rings. The molecule has 0 spiro atoms. The van der Waals surface area contributed by atoms with Crippen molar-refractivity contribution < 1.29 is 23.9 Å². The molecule has 1 aromatic heterocycles. The molecule has 2 N–H and O–H groups in total. The van der Waals surface area contributed by atoms with E-state index < -0.39 is 11.9 Å². The van der Waals surface area contributed by atoms with Crippen molar-refractivity contribution in [2.75, 3.05) is 13.7 Å². The van der Waals surface area contributed by atoms with E-state index >= 15 is 0 Å². The maximum absolute atomic E-state index is 12.5. The van der Waals surface area contributed by atoms with Gasteiger partial charge in [-0.2, -0.15) is 0 Å². The van der Waals surface area contributed by atoms with Crippen LogP contribution in [-0.4, -0.2) is 30.3 Å². The Labute approximate surface area is 168 Å². The summed E-state index contributed by atoms with van der Waals surface area (Å²) in [6.45, 7) is 4.60. The Kier molecular flexibility index (Phi) is 6.07. The van der Waals surface area contributed by atoms with Gasteiger partial charge < -0.3 is 20.0 Å². The maximum atomic E-state index is 12.5. The quantitative estimate of drug-likeness (QED) is 0.590. The van der Waals surface area contributed by atoms with Gasteiger partial charge in [-0.15, -0.1) is 4.73 Å². The largest absolute Gasteiger partial charge is 0.471 e. The SMILES string of the molecule is CCCOn1c(OCc2ccc(C)cc2)c(C(=O)OC)c2ccc(C(N)=O)cc21. The van der Waals surface area contributed by atoms with Gasteiger partial charge >= 0.3 is 5.97 Å². The lowest BCUT2D eigenvalue weighted by atomic mass is 10.1. The summed E-state index contributed by atoms with van der Waals surface area (Å²) in [5, 5.41) is 0.553. The number of nitrogens with two attached hydrogens (primary N) is 1. The van der Waals surface area contributed by atoms with Gasteiger partial charge in [0.2, 0.25) is 11.8 Å². The van der Waals surface area contributed by atoms with Crippen LogP contribution in [0.25, 0.3) is 10.9 Å². The van der Waals surface area contributed by atoms with Crippen LogP contribution in [0.4, 0.5) is 0 Å². The lowest BCUT2D eigenvalue weighted by Gasteiger charge is -2.13. The van der Waals surface area contributed by atoms with Crippen LogP contribution in [0.1, 0.15) is 45.2 Å². The molecule has 0 bridgehead atoms. The molecule has 7 nitrogen and oxygen atoms in total. The summed E-state index contributed by atoms with van der Waals surface area (Å²) < 4.78 is 12.4. The smallest absolute Gasteiger partial charge is 0.344 e. The van der Waals surface area contributed by atoms with Crippen LogP contribution in [-0.2, 0) is 11.3 Å². The summed E-state index contributed by atoms with van der Waals surface area (Å²) in [7, 11) is 1.31. The molecule has 0 atom stereocenters. The zero-order valence-corrected chi connectivity index (χ0v) is 16.7. The molecule has 7 heteroatoms. The third-order valence-corrected chi connectivity index (χ3v) is 4.48. The van der Waals surface area contributed by atoms with E-state index in [9.17, 15) is 9.59 Å². The van der Waals surface area contributed by atoms with Crippen molar-refractivity contribution in [2.45, 2.75) is 26.9 Å². The lowest BCUT2D eigenvalue weighted by Crippen LogP contribution is -2.16. The van der Waals surface area contributed by atoms with E-state index in [1.54, 1.807) is 18.2 Å². The molecule has 0 aliphatic heterocycles. The first-order chi connectivity index (χ1) is 14.0. The van der Waals surface area contributed by atoms with E-state index in [0.29, 0.717) is 23.1 Å². The number of ether oxygens (including phenoxy) is 2. The van der Waals surface area contributed by atoms with Crippen LogP contribution in [0, 0.1) is 6.92 Å². The van der Waals surface area contributed by atoms with Crippen LogP contribution in [0.15, 0.2) is 42.5 Å². The third kappa shape index (κ3) is 4.18. The van der Waals surface area contributed by atoms with Crippen molar-refractivity contribution >= 4 is 22.8 Å². The van der Waals surface area contributed by atoms with Crippen molar-refractivity contribution in [3.63, 3.8) is 0 Å². The van der Waals surface area contributed by atoms with Gasteiger partial charge in [0, 0.05) is 10.9 Å². The zero-order valence-electron chi connectivity index (χ0n) is 16.7. The standard InChI is InChI=1S/C22H24N2O5/c1-4-11-29-24-18-12-16(20(23)25)9-10-17(18)19(22(26)27-3)21(24)28-13-15-7-5-14(2)6-8-15/h5-10,12H,4,11,13H2,1-3H3,(H2,23,25). The van der Waals surface area contributed by atoms with Crippen LogP contribution in [0.2, 0.25) is 0 Å². The van der Waals surface area contributed by atoms with Gasteiger partial charge in [-0.1, -0.05) is 42.8 Å². The topological polar surface area (TPSA) is 92.8 Å². The fourth-order valence-corrected chi connectivity index (χ4v) is 2.97. The Morgan fingerprint density at radius 1 is 1.10 bits per heavy atom. The van der Waals surface area contributed by atoms with Gasteiger partial charge in [0.15, 0.2) is 0 Å². The number of nitrogens with zero attached hydrogens (tertiary/aromatic N) is 1. The highest BCUT2D eigenvalue weighted by molar-refractivity contribution is 6.08. The highest BCUT2D eigenvalue weighted by Gasteiger charge is 2.27. The van der Waals surface area contributed by atoms with Crippen LogP contribution < -0.4 is 15.3 Å². The van der Waals surface area contributed by atoms with Crippen molar-refractivity contribution in [1.82, 2.24) is 4.73 Å². The molecule has 0 aliphatic carbocycles. The number of aryl methyl sites for hydroxylation is 1. The molecule has 29 heavy (non-hydrogen) atoms. The van der Waals surface area contributed by atoms with E-state index in [1.807, 2.05) is 38.1 Å². The Hall–Kier alpha value is -3.48. The number of rotatable bonds is 8. The monoisotopic (exact) mass is 396 g/mol. The Bertz CT molecular complexity index is 1040. The first kappa shape index (κ1) is 20.3. The highest BCUT2D eigenvalue weighted by atomic mass is 16.7. The number of primary amides is 1. The maximum Gasteiger partial charge on any atom is 0.344 e. The molecule has 0 unspecified atom stereocenters. The first-order valence-corrected chi connectivity index (χ1v) is 9.34. The molecule has 0 saturated heterocycles. The number of amides is 1. The first-order valence-electron chi connectivity index (χ1n) is 9.34. The lowest BCUT2D eigenvalue weighted by molar-refractivity contribution is 0.0579. The Morgan fingerprint density at radius 2 is 1.83 bits per heavy atom. The fraction of sp³-hybridized carbons (Fsp3) is 0.273. The van der Waals surface area contributed by atoms with Gasteiger partial charge in [-0.3, -0.25) is 4.79 Å². The molecular weight excluding hydrogens is 372 g/mol. The number of carbonyl (C=O) groups is 2. The number of carbonyl (C=O) groups excluding carboxylic acids is 2. The summed E-state index contributed by atoms with van der Waals surface area (Å²) in [6.07, 6.45) is 0.750. The zero-order chi connectivity index (χ0) is 21.0. The summed E-state index contributed by atoms with van der Waals surface area (Å²) in [5.74, 6) is -0.904. The minimum Gasteiger partial charge on any atom is -0.471 e. The third-order valence-electron chi connectivity index (χ3n) is 4.48. The summed E-state index contributed by atoms with van der Waals surface area (Å²) >= 11 is 0. The molecule has 0 saturated carbocycles. The molecule has 0 fully saturated rings. The second kappa shape index (κ2) is 8.68. The average molecular weight is 396 g/mol. The average Bonchev–Trinajstić information content (AvgIpc) is 3.03. The molecule has 0 aliphatic rings. The molecule has 3 rings (SSSR count). The van der Waals surface area contributed by atoms with Gasteiger partial charge in [0.1, 0.15) is 18.8 Å². The highest BCUT2D eigenvalue weighted by Crippen LogP contribution is 2.33.